The van der Waals surface area contributed by atoms with E-state index in [1.165, 1.54) is 22.6 Å². The van der Waals surface area contributed by atoms with Crippen LogP contribution in [0.1, 0.15) is 38.5 Å². The average Bonchev–Trinajstić information content (AvgIpc) is 2.39. The minimum Gasteiger partial charge on any atom is -0.400 e. The Balaban J connectivity index is 2.39. The fourth-order valence-electron chi connectivity index (χ4n) is 2.69. The number of nitrogens with two attached hydrogens (primary N) is 1. The van der Waals surface area contributed by atoms with Crippen molar-refractivity contribution in [3.63, 3.8) is 0 Å². The van der Waals surface area contributed by atoms with Crippen LogP contribution in [0.5, 0.6) is 0 Å². The Morgan fingerprint density at radius 1 is 1.27 bits per heavy atom. The fraction of sp³-hybridized carbons (Fsp3) is 0.800. The molecule has 1 saturated carbocycles. The van der Waals surface area contributed by atoms with E-state index < -0.39 is 15.6 Å². The van der Waals surface area contributed by atoms with Gasteiger partial charge in [0.25, 0.3) is 0 Å². The highest BCUT2D eigenvalue weighted by atomic mass is 32.2. The standard InChI is InChI=1S/C10H18N2O2S/c1-12-10(6-4-2-3-5-7-10)9(11)8-15(12,13)14/h8H,2-7,11H2,1H3. The topological polar surface area (TPSA) is 63.4 Å². The van der Waals surface area contributed by atoms with Crippen LogP contribution in [0.3, 0.4) is 0 Å². The number of hydrogen-bond donors (Lipinski definition) is 1. The summed E-state index contributed by atoms with van der Waals surface area (Å²) in [5.74, 6) is 0. The molecule has 4 nitrogen and oxygen atoms in total. The number of sulfonamides is 1. The molecular formula is C10H18N2O2S. The third kappa shape index (κ3) is 1.58. The van der Waals surface area contributed by atoms with Crippen LogP contribution in [-0.2, 0) is 10.0 Å². The molecule has 1 aliphatic heterocycles. The molecule has 0 aromatic heterocycles. The second kappa shape index (κ2) is 3.49. The third-order valence-electron chi connectivity index (χ3n) is 3.73. The summed E-state index contributed by atoms with van der Waals surface area (Å²) in [6, 6.07) is 0. The van der Waals surface area contributed by atoms with Crippen molar-refractivity contribution in [1.29, 1.82) is 0 Å². The Hall–Kier alpha value is -0.550. The second-order valence-electron chi connectivity index (χ2n) is 4.53. The molecule has 0 saturated heterocycles. The van der Waals surface area contributed by atoms with Gasteiger partial charge in [0.2, 0.25) is 10.0 Å². The number of likely N-dealkylation sites (N-methyl/N-ethyl adjacent to an activating group) is 1. The summed E-state index contributed by atoms with van der Waals surface area (Å²) in [6.07, 6.45) is 6.23. The maximum absolute atomic E-state index is 11.7. The van der Waals surface area contributed by atoms with Crippen LogP contribution in [0.4, 0.5) is 0 Å². The van der Waals surface area contributed by atoms with E-state index in [9.17, 15) is 8.42 Å². The molecule has 0 aromatic carbocycles. The van der Waals surface area contributed by atoms with Gasteiger partial charge in [0.15, 0.2) is 0 Å². The first kappa shape index (κ1) is 11.0. The van der Waals surface area contributed by atoms with Gasteiger partial charge in [0.05, 0.1) is 10.9 Å². The lowest BCUT2D eigenvalue weighted by Crippen LogP contribution is -2.47. The highest BCUT2D eigenvalue weighted by Gasteiger charge is 2.47. The zero-order chi connectivity index (χ0) is 11.1. The normalized spacial score (nSPS) is 30.1. The van der Waals surface area contributed by atoms with E-state index in [1.807, 2.05) is 0 Å². The molecule has 15 heavy (non-hydrogen) atoms. The van der Waals surface area contributed by atoms with E-state index in [2.05, 4.69) is 0 Å². The van der Waals surface area contributed by atoms with Crippen LogP contribution >= 0.6 is 0 Å². The summed E-state index contributed by atoms with van der Waals surface area (Å²) in [6.45, 7) is 0. The number of nitrogens with zero attached hydrogens (tertiary/aromatic N) is 1. The molecule has 1 heterocycles. The first-order valence-electron chi connectivity index (χ1n) is 5.46. The lowest BCUT2D eigenvalue weighted by atomic mass is 9.88. The van der Waals surface area contributed by atoms with Crippen LogP contribution in [-0.4, -0.2) is 25.3 Å². The lowest BCUT2D eigenvalue weighted by Gasteiger charge is -2.35. The van der Waals surface area contributed by atoms with Crippen molar-refractivity contribution in [1.82, 2.24) is 4.31 Å². The molecule has 2 aliphatic rings. The Morgan fingerprint density at radius 3 is 2.20 bits per heavy atom. The molecule has 0 unspecified atom stereocenters. The van der Waals surface area contributed by atoms with E-state index >= 15 is 0 Å². The Labute approximate surface area is 91.2 Å². The van der Waals surface area contributed by atoms with E-state index in [4.69, 9.17) is 5.73 Å². The largest absolute Gasteiger partial charge is 0.400 e. The maximum atomic E-state index is 11.7. The number of hydrogen-bond acceptors (Lipinski definition) is 3. The molecule has 2 rings (SSSR count). The fourth-order valence-corrected chi connectivity index (χ4v) is 4.17. The van der Waals surface area contributed by atoms with Gasteiger partial charge in [-0.2, -0.15) is 4.31 Å². The van der Waals surface area contributed by atoms with Crippen molar-refractivity contribution >= 4 is 10.0 Å². The van der Waals surface area contributed by atoms with E-state index in [0.29, 0.717) is 5.70 Å². The molecule has 2 N–H and O–H groups in total. The molecule has 86 valence electrons. The van der Waals surface area contributed by atoms with Crippen LogP contribution in [0, 0.1) is 0 Å². The molecule has 1 aliphatic carbocycles. The first-order valence-corrected chi connectivity index (χ1v) is 6.96. The zero-order valence-corrected chi connectivity index (χ0v) is 9.89. The van der Waals surface area contributed by atoms with Gasteiger partial charge < -0.3 is 5.73 Å². The Morgan fingerprint density at radius 2 is 1.80 bits per heavy atom. The lowest BCUT2D eigenvalue weighted by molar-refractivity contribution is 0.241. The van der Waals surface area contributed by atoms with Crippen molar-refractivity contribution in [3.8, 4) is 0 Å². The van der Waals surface area contributed by atoms with Gasteiger partial charge in [-0.3, -0.25) is 0 Å². The molecule has 0 atom stereocenters. The second-order valence-corrected chi connectivity index (χ2v) is 6.34. The Kier molecular flexibility index (Phi) is 2.55. The van der Waals surface area contributed by atoms with Crippen molar-refractivity contribution < 1.29 is 8.42 Å². The van der Waals surface area contributed by atoms with Gasteiger partial charge in [-0.05, 0) is 12.8 Å². The molecule has 1 spiro atoms. The van der Waals surface area contributed by atoms with Gasteiger partial charge >= 0.3 is 0 Å². The summed E-state index contributed by atoms with van der Waals surface area (Å²) in [5.41, 5.74) is 6.05. The molecule has 0 amide bonds. The van der Waals surface area contributed by atoms with Gasteiger partial charge in [0, 0.05) is 12.7 Å². The molecule has 1 fully saturated rings. The molecule has 0 aromatic rings. The zero-order valence-electron chi connectivity index (χ0n) is 9.07. The van der Waals surface area contributed by atoms with Crippen molar-refractivity contribution in [2.75, 3.05) is 7.05 Å². The highest BCUT2D eigenvalue weighted by Crippen LogP contribution is 2.41. The summed E-state index contributed by atoms with van der Waals surface area (Å²) >= 11 is 0. The molecule has 5 heteroatoms. The van der Waals surface area contributed by atoms with Gasteiger partial charge in [-0.25, -0.2) is 8.42 Å². The molecule has 0 radical (unpaired) electrons. The van der Waals surface area contributed by atoms with Crippen LogP contribution < -0.4 is 5.73 Å². The highest BCUT2D eigenvalue weighted by molar-refractivity contribution is 7.92. The summed E-state index contributed by atoms with van der Waals surface area (Å²) in [7, 11) is -1.60. The van der Waals surface area contributed by atoms with Crippen molar-refractivity contribution in [2.24, 2.45) is 5.73 Å². The first-order chi connectivity index (χ1) is 6.99. The van der Waals surface area contributed by atoms with Gasteiger partial charge in [-0.15, -0.1) is 0 Å². The van der Waals surface area contributed by atoms with E-state index in [1.54, 1.807) is 7.05 Å². The van der Waals surface area contributed by atoms with Crippen LogP contribution in [0.25, 0.3) is 0 Å². The van der Waals surface area contributed by atoms with Gasteiger partial charge in [0.1, 0.15) is 0 Å². The van der Waals surface area contributed by atoms with Crippen molar-refractivity contribution in [2.45, 2.75) is 44.1 Å². The molecule has 0 bridgehead atoms. The number of rotatable bonds is 0. The van der Waals surface area contributed by atoms with E-state index in [-0.39, 0.29) is 0 Å². The van der Waals surface area contributed by atoms with Crippen LogP contribution in [0.2, 0.25) is 0 Å². The summed E-state index contributed by atoms with van der Waals surface area (Å²) in [5, 5.41) is 1.23. The summed E-state index contributed by atoms with van der Waals surface area (Å²) < 4.78 is 24.9. The van der Waals surface area contributed by atoms with Crippen molar-refractivity contribution in [3.05, 3.63) is 11.1 Å². The Bertz CT molecular complexity index is 378. The minimum atomic E-state index is -3.25. The predicted octanol–water partition coefficient (Wildman–Crippen LogP) is 1.15. The quantitative estimate of drug-likeness (QED) is 0.679. The molecular weight excluding hydrogens is 212 g/mol. The van der Waals surface area contributed by atoms with Gasteiger partial charge in [-0.1, -0.05) is 25.7 Å². The maximum Gasteiger partial charge on any atom is 0.238 e. The predicted molar refractivity (Wildman–Crippen MR) is 59.4 cm³/mol. The average molecular weight is 230 g/mol. The minimum absolute atomic E-state index is 0.407. The smallest absolute Gasteiger partial charge is 0.238 e. The monoisotopic (exact) mass is 230 g/mol. The summed E-state index contributed by atoms with van der Waals surface area (Å²) in [4.78, 5) is 0. The van der Waals surface area contributed by atoms with Crippen LogP contribution in [0.15, 0.2) is 11.1 Å². The third-order valence-corrected chi connectivity index (χ3v) is 5.39. The SMILES string of the molecule is CN1C2(CCCCCC2)C(N)=CS1(=O)=O. The van der Waals surface area contributed by atoms with E-state index in [0.717, 1.165) is 25.7 Å².